The minimum absolute atomic E-state index is 0.0847. The van der Waals surface area contributed by atoms with Crippen molar-refractivity contribution in [2.45, 2.75) is 33.7 Å². The van der Waals surface area contributed by atoms with Crippen LogP contribution >= 0.6 is 11.3 Å². The summed E-state index contributed by atoms with van der Waals surface area (Å²) in [4.78, 5) is 16.3. The highest BCUT2D eigenvalue weighted by Crippen LogP contribution is 2.17. The van der Waals surface area contributed by atoms with Gasteiger partial charge in [0.2, 0.25) is 5.91 Å². The van der Waals surface area contributed by atoms with Crippen LogP contribution in [0.2, 0.25) is 0 Å². The zero-order valence-corrected chi connectivity index (χ0v) is 13.0. The third-order valence-electron chi connectivity index (χ3n) is 2.85. The van der Waals surface area contributed by atoms with E-state index in [2.05, 4.69) is 21.7 Å². The number of amides is 1. The second-order valence-electron chi connectivity index (χ2n) is 5.03. The lowest BCUT2D eigenvalue weighted by atomic mass is 10.1. The van der Waals surface area contributed by atoms with Crippen LogP contribution in [-0.2, 0) is 4.79 Å². The summed E-state index contributed by atoms with van der Waals surface area (Å²) in [5.41, 5.74) is 4.23. The van der Waals surface area contributed by atoms with Crippen molar-refractivity contribution in [2.75, 3.05) is 10.6 Å². The summed E-state index contributed by atoms with van der Waals surface area (Å²) in [6.07, 6.45) is 0. The van der Waals surface area contributed by atoms with Gasteiger partial charge in [-0.1, -0.05) is 6.07 Å². The predicted molar refractivity (Wildman–Crippen MR) is 84.5 cm³/mol. The van der Waals surface area contributed by atoms with Crippen molar-refractivity contribution in [2.24, 2.45) is 0 Å². The number of carbonyl (C=O) groups is 1. The van der Waals surface area contributed by atoms with Gasteiger partial charge in [0.25, 0.3) is 0 Å². The fraction of sp³-hybridized carbons (Fsp3) is 0.333. The van der Waals surface area contributed by atoms with Gasteiger partial charge in [0.15, 0.2) is 5.13 Å². The number of benzene rings is 1. The topological polar surface area (TPSA) is 54.0 Å². The van der Waals surface area contributed by atoms with Crippen LogP contribution in [0.3, 0.4) is 0 Å². The number of aryl methyl sites for hydroxylation is 3. The molecule has 5 heteroatoms. The van der Waals surface area contributed by atoms with Crippen molar-refractivity contribution >= 4 is 28.1 Å². The molecule has 0 saturated carbocycles. The Morgan fingerprint density at radius 2 is 1.85 bits per heavy atom. The average molecular weight is 289 g/mol. The van der Waals surface area contributed by atoms with Gasteiger partial charge >= 0.3 is 0 Å². The van der Waals surface area contributed by atoms with Gasteiger partial charge in [-0.15, -0.1) is 11.3 Å². The highest BCUT2D eigenvalue weighted by Gasteiger charge is 2.14. The van der Waals surface area contributed by atoms with Crippen LogP contribution in [0.4, 0.5) is 10.8 Å². The van der Waals surface area contributed by atoms with E-state index in [4.69, 9.17) is 0 Å². The molecule has 0 fully saturated rings. The third-order valence-corrected chi connectivity index (χ3v) is 3.72. The third kappa shape index (κ3) is 3.81. The maximum absolute atomic E-state index is 12.1. The average Bonchev–Trinajstić information content (AvgIpc) is 2.73. The van der Waals surface area contributed by atoms with Crippen LogP contribution in [0.1, 0.15) is 23.7 Å². The molecule has 0 bridgehead atoms. The molecular weight excluding hydrogens is 270 g/mol. The van der Waals surface area contributed by atoms with Crippen molar-refractivity contribution in [3.05, 3.63) is 40.4 Å². The van der Waals surface area contributed by atoms with Crippen LogP contribution < -0.4 is 10.6 Å². The summed E-state index contributed by atoms with van der Waals surface area (Å²) < 4.78 is 0. The maximum Gasteiger partial charge on any atom is 0.248 e. The number of hydrogen-bond acceptors (Lipinski definition) is 4. The van der Waals surface area contributed by atoms with Crippen LogP contribution in [0.15, 0.2) is 23.6 Å². The fourth-order valence-corrected chi connectivity index (χ4v) is 2.69. The highest BCUT2D eigenvalue weighted by atomic mass is 32.1. The van der Waals surface area contributed by atoms with Crippen molar-refractivity contribution < 1.29 is 4.79 Å². The van der Waals surface area contributed by atoms with Crippen molar-refractivity contribution in [1.82, 2.24) is 4.98 Å². The van der Waals surface area contributed by atoms with Crippen molar-refractivity contribution in [3.63, 3.8) is 0 Å². The Hall–Kier alpha value is -1.88. The minimum atomic E-state index is -0.319. The van der Waals surface area contributed by atoms with Gasteiger partial charge in [-0.3, -0.25) is 4.79 Å². The zero-order valence-electron chi connectivity index (χ0n) is 12.2. The summed E-state index contributed by atoms with van der Waals surface area (Å²) in [5, 5.41) is 8.59. The van der Waals surface area contributed by atoms with Crippen LogP contribution in [-0.4, -0.2) is 16.9 Å². The zero-order chi connectivity index (χ0) is 14.7. The number of rotatable bonds is 4. The minimum Gasteiger partial charge on any atom is -0.374 e. The van der Waals surface area contributed by atoms with Crippen molar-refractivity contribution in [3.8, 4) is 0 Å². The summed E-state index contributed by atoms with van der Waals surface area (Å²) in [5.74, 6) is -0.0847. The molecule has 1 aromatic heterocycles. The van der Waals surface area contributed by atoms with E-state index in [1.807, 2.05) is 45.2 Å². The van der Waals surface area contributed by atoms with E-state index in [9.17, 15) is 4.79 Å². The first kappa shape index (κ1) is 14.5. The standard InChI is InChI=1S/C15H19N3OS/c1-9-5-10(2)7-13(6-9)17-12(4)14(19)18-15-16-11(3)8-20-15/h5-8,12,17H,1-4H3,(H,16,18,19)/t12-/m0/s1. The van der Waals surface area contributed by atoms with E-state index >= 15 is 0 Å². The van der Waals surface area contributed by atoms with Crippen LogP contribution in [0.25, 0.3) is 0 Å². The molecule has 1 aromatic carbocycles. The van der Waals surface area contributed by atoms with Crippen LogP contribution in [0.5, 0.6) is 0 Å². The fourth-order valence-electron chi connectivity index (χ4n) is 2.00. The SMILES string of the molecule is Cc1cc(C)cc(N[C@@H](C)C(=O)Nc2nc(C)cs2)c1. The second-order valence-corrected chi connectivity index (χ2v) is 5.88. The molecule has 106 valence electrons. The first-order valence-electron chi connectivity index (χ1n) is 6.52. The monoisotopic (exact) mass is 289 g/mol. The predicted octanol–water partition coefficient (Wildman–Crippen LogP) is 3.51. The number of nitrogens with one attached hydrogen (secondary N) is 2. The van der Waals surface area contributed by atoms with E-state index in [-0.39, 0.29) is 11.9 Å². The largest absolute Gasteiger partial charge is 0.374 e. The molecular formula is C15H19N3OS. The molecule has 2 aromatic rings. The number of nitrogens with zero attached hydrogens (tertiary/aromatic N) is 1. The molecule has 2 N–H and O–H groups in total. The Balaban J connectivity index is 2.00. The summed E-state index contributed by atoms with van der Waals surface area (Å²) in [6, 6.07) is 5.85. The number of thiazole rings is 1. The molecule has 0 aliphatic rings. The molecule has 0 unspecified atom stereocenters. The van der Waals surface area contributed by atoms with Gasteiger partial charge in [-0.25, -0.2) is 4.98 Å². The van der Waals surface area contributed by atoms with Crippen LogP contribution in [0, 0.1) is 20.8 Å². The molecule has 1 heterocycles. The lowest BCUT2D eigenvalue weighted by Gasteiger charge is -2.15. The number of aromatic nitrogens is 1. The lowest BCUT2D eigenvalue weighted by molar-refractivity contribution is -0.116. The molecule has 0 aliphatic carbocycles. The molecule has 0 spiro atoms. The molecule has 0 saturated heterocycles. The highest BCUT2D eigenvalue weighted by molar-refractivity contribution is 7.13. The van der Waals surface area contributed by atoms with Gasteiger partial charge in [0, 0.05) is 11.1 Å². The first-order chi connectivity index (χ1) is 9.44. The molecule has 0 aliphatic heterocycles. The summed E-state index contributed by atoms with van der Waals surface area (Å²) >= 11 is 1.44. The molecule has 1 amide bonds. The number of carbonyl (C=O) groups excluding carboxylic acids is 1. The Morgan fingerprint density at radius 3 is 2.40 bits per heavy atom. The quantitative estimate of drug-likeness (QED) is 0.905. The van der Waals surface area contributed by atoms with Gasteiger partial charge in [-0.2, -0.15) is 0 Å². The van der Waals surface area contributed by atoms with Gasteiger partial charge < -0.3 is 10.6 Å². The lowest BCUT2D eigenvalue weighted by Crippen LogP contribution is -2.31. The summed E-state index contributed by atoms with van der Waals surface area (Å²) in [6.45, 7) is 7.83. The maximum atomic E-state index is 12.1. The van der Waals surface area contributed by atoms with E-state index in [0.29, 0.717) is 5.13 Å². The molecule has 20 heavy (non-hydrogen) atoms. The number of hydrogen-bond donors (Lipinski definition) is 2. The molecule has 4 nitrogen and oxygen atoms in total. The van der Waals surface area contributed by atoms with Crippen molar-refractivity contribution in [1.29, 1.82) is 0 Å². The molecule has 1 atom stereocenters. The summed E-state index contributed by atoms with van der Waals surface area (Å²) in [7, 11) is 0. The Kier molecular flexibility index (Phi) is 4.39. The normalized spacial score (nSPS) is 12.0. The van der Waals surface area contributed by atoms with E-state index in [0.717, 1.165) is 11.4 Å². The van der Waals surface area contributed by atoms with E-state index in [1.54, 1.807) is 0 Å². The van der Waals surface area contributed by atoms with E-state index < -0.39 is 0 Å². The van der Waals surface area contributed by atoms with Gasteiger partial charge in [0.1, 0.15) is 6.04 Å². The Morgan fingerprint density at radius 1 is 1.20 bits per heavy atom. The van der Waals surface area contributed by atoms with Gasteiger partial charge in [-0.05, 0) is 51.0 Å². The van der Waals surface area contributed by atoms with E-state index in [1.165, 1.54) is 22.5 Å². The second kappa shape index (κ2) is 6.05. The van der Waals surface area contributed by atoms with Gasteiger partial charge in [0.05, 0.1) is 5.69 Å². The smallest absolute Gasteiger partial charge is 0.248 e. The number of anilines is 2. The molecule has 0 radical (unpaired) electrons. The first-order valence-corrected chi connectivity index (χ1v) is 7.40. The Bertz CT molecular complexity index is 601. The molecule has 2 rings (SSSR count). The Labute approximate surface area is 123 Å².